The smallest absolute Gasteiger partial charge is 0.253 e. The molecule has 1 atom stereocenters. The number of amides is 1. The first kappa shape index (κ1) is 16.1. The van der Waals surface area contributed by atoms with Gasteiger partial charge in [0, 0.05) is 23.4 Å². The van der Waals surface area contributed by atoms with Crippen LogP contribution >= 0.6 is 11.6 Å². The number of ether oxygens (including phenoxy) is 1. The minimum absolute atomic E-state index is 0.109. The Kier molecular flexibility index (Phi) is 5.12. The quantitative estimate of drug-likeness (QED) is 0.838. The lowest BCUT2D eigenvalue weighted by molar-refractivity contribution is -0.0917. The van der Waals surface area contributed by atoms with E-state index in [-0.39, 0.29) is 17.6 Å². The number of nitrogen functional groups attached to an aromatic ring is 1. The van der Waals surface area contributed by atoms with Crippen LogP contribution in [0.2, 0.25) is 5.02 Å². The molecule has 0 aliphatic carbocycles. The molecule has 0 radical (unpaired) electrons. The second-order valence-electron chi connectivity index (χ2n) is 5.63. The lowest BCUT2D eigenvalue weighted by Crippen LogP contribution is -2.48. The summed E-state index contributed by atoms with van der Waals surface area (Å²) < 4.78 is 5.93. The maximum atomic E-state index is 12.4. The second-order valence-corrected chi connectivity index (χ2v) is 6.07. The molecule has 1 amide bonds. The zero-order valence-corrected chi connectivity index (χ0v) is 13.4. The number of benzene rings is 1. The third kappa shape index (κ3) is 3.69. The number of hydrogen-bond acceptors (Lipinski definition) is 3. The molecule has 2 rings (SSSR count). The number of halogens is 1. The van der Waals surface area contributed by atoms with E-state index in [2.05, 4.69) is 19.2 Å². The summed E-state index contributed by atoms with van der Waals surface area (Å²) in [6.45, 7) is 4.94. The Morgan fingerprint density at radius 1 is 1.48 bits per heavy atom. The molecule has 1 fully saturated rings. The van der Waals surface area contributed by atoms with Crippen molar-refractivity contribution in [3.05, 3.63) is 28.8 Å². The maximum absolute atomic E-state index is 12.4. The summed E-state index contributed by atoms with van der Waals surface area (Å²) >= 11 is 5.86. The number of hydrogen-bond donors (Lipinski definition) is 2. The number of nitrogens with one attached hydrogen (secondary N) is 1. The van der Waals surface area contributed by atoms with Crippen molar-refractivity contribution >= 4 is 23.2 Å². The SMILES string of the molecule is CCC1(CC)CC(NC(=O)c2ccc(Cl)cc2N)CCO1. The average molecular weight is 311 g/mol. The minimum Gasteiger partial charge on any atom is -0.398 e. The number of carbonyl (C=O) groups is 1. The molecule has 1 heterocycles. The molecular formula is C16H23ClN2O2. The Bertz CT molecular complexity index is 515. The van der Waals surface area contributed by atoms with Crippen LogP contribution in [0.3, 0.4) is 0 Å². The van der Waals surface area contributed by atoms with E-state index >= 15 is 0 Å². The summed E-state index contributed by atoms with van der Waals surface area (Å²) in [7, 11) is 0. The number of nitrogens with two attached hydrogens (primary N) is 1. The Morgan fingerprint density at radius 2 is 2.19 bits per heavy atom. The second kappa shape index (κ2) is 6.67. The lowest BCUT2D eigenvalue weighted by Gasteiger charge is -2.40. The van der Waals surface area contributed by atoms with Gasteiger partial charge in [-0.05, 0) is 43.9 Å². The molecule has 3 N–H and O–H groups in total. The van der Waals surface area contributed by atoms with E-state index in [4.69, 9.17) is 22.1 Å². The van der Waals surface area contributed by atoms with Gasteiger partial charge in [0.15, 0.2) is 0 Å². The van der Waals surface area contributed by atoms with E-state index in [1.165, 1.54) is 0 Å². The highest BCUT2D eigenvalue weighted by molar-refractivity contribution is 6.31. The summed E-state index contributed by atoms with van der Waals surface area (Å²) in [4.78, 5) is 12.4. The van der Waals surface area contributed by atoms with E-state index in [0.717, 1.165) is 25.7 Å². The van der Waals surface area contributed by atoms with Gasteiger partial charge in [0.25, 0.3) is 5.91 Å². The Morgan fingerprint density at radius 3 is 2.81 bits per heavy atom. The summed E-state index contributed by atoms with van der Waals surface area (Å²) in [6.07, 6.45) is 3.60. The number of carbonyl (C=O) groups excluding carboxylic acids is 1. The lowest BCUT2D eigenvalue weighted by atomic mass is 9.86. The van der Waals surface area contributed by atoms with Gasteiger partial charge in [-0.15, -0.1) is 0 Å². The van der Waals surface area contributed by atoms with Crippen LogP contribution in [-0.4, -0.2) is 24.2 Å². The predicted octanol–water partition coefficient (Wildman–Crippen LogP) is 3.39. The van der Waals surface area contributed by atoms with Gasteiger partial charge in [0.05, 0.1) is 11.2 Å². The van der Waals surface area contributed by atoms with Gasteiger partial charge in [0.2, 0.25) is 0 Å². The fourth-order valence-corrected chi connectivity index (χ4v) is 3.08. The molecule has 0 saturated carbocycles. The summed E-state index contributed by atoms with van der Waals surface area (Å²) in [5.74, 6) is -0.142. The zero-order chi connectivity index (χ0) is 15.5. The van der Waals surface area contributed by atoms with Crippen LogP contribution in [0.1, 0.15) is 49.9 Å². The number of anilines is 1. The molecule has 116 valence electrons. The van der Waals surface area contributed by atoms with Gasteiger partial charge in [-0.2, -0.15) is 0 Å². The highest BCUT2D eigenvalue weighted by Gasteiger charge is 2.35. The first-order chi connectivity index (χ1) is 9.99. The van der Waals surface area contributed by atoms with Gasteiger partial charge in [-0.25, -0.2) is 0 Å². The van der Waals surface area contributed by atoms with Crippen molar-refractivity contribution in [1.29, 1.82) is 0 Å². The van der Waals surface area contributed by atoms with E-state index < -0.39 is 0 Å². The van der Waals surface area contributed by atoms with Gasteiger partial charge < -0.3 is 15.8 Å². The fourth-order valence-electron chi connectivity index (χ4n) is 2.90. The van der Waals surface area contributed by atoms with Crippen molar-refractivity contribution in [3.8, 4) is 0 Å². The number of rotatable bonds is 4. The van der Waals surface area contributed by atoms with Gasteiger partial charge >= 0.3 is 0 Å². The molecule has 1 aliphatic heterocycles. The molecule has 4 nitrogen and oxygen atoms in total. The topological polar surface area (TPSA) is 64.4 Å². The molecule has 1 aromatic rings. The van der Waals surface area contributed by atoms with Crippen LogP contribution in [0.15, 0.2) is 18.2 Å². The standard InChI is InChI=1S/C16H23ClN2O2/c1-3-16(4-2)10-12(7-8-21-16)19-15(20)13-6-5-11(17)9-14(13)18/h5-6,9,12H,3-4,7-8,10,18H2,1-2H3,(H,19,20). The van der Waals surface area contributed by atoms with E-state index in [1.54, 1.807) is 18.2 Å². The molecule has 0 bridgehead atoms. The summed E-state index contributed by atoms with van der Waals surface area (Å²) in [5, 5.41) is 3.61. The first-order valence-corrected chi connectivity index (χ1v) is 7.87. The van der Waals surface area contributed by atoms with Crippen molar-refractivity contribution in [2.45, 2.75) is 51.2 Å². The largest absolute Gasteiger partial charge is 0.398 e. The van der Waals surface area contributed by atoms with Gasteiger partial charge in [-0.3, -0.25) is 4.79 Å². The first-order valence-electron chi connectivity index (χ1n) is 7.49. The van der Waals surface area contributed by atoms with Crippen LogP contribution in [-0.2, 0) is 4.74 Å². The third-order valence-corrected chi connectivity index (χ3v) is 4.61. The third-order valence-electron chi connectivity index (χ3n) is 4.38. The van der Waals surface area contributed by atoms with Crippen molar-refractivity contribution in [3.63, 3.8) is 0 Å². The Balaban J connectivity index is 2.05. The van der Waals surface area contributed by atoms with Crippen molar-refractivity contribution < 1.29 is 9.53 Å². The minimum atomic E-state index is -0.142. The van der Waals surface area contributed by atoms with E-state index in [9.17, 15) is 4.79 Å². The normalized spacial score (nSPS) is 21.0. The van der Waals surface area contributed by atoms with Crippen molar-refractivity contribution in [1.82, 2.24) is 5.32 Å². The molecule has 1 unspecified atom stereocenters. The van der Waals surface area contributed by atoms with E-state index in [1.807, 2.05) is 0 Å². The zero-order valence-electron chi connectivity index (χ0n) is 12.6. The molecule has 21 heavy (non-hydrogen) atoms. The molecule has 5 heteroatoms. The molecule has 1 aromatic carbocycles. The highest BCUT2D eigenvalue weighted by Crippen LogP contribution is 2.31. The van der Waals surface area contributed by atoms with Crippen LogP contribution in [0, 0.1) is 0 Å². The van der Waals surface area contributed by atoms with Crippen LogP contribution in [0.5, 0.6) is 0 Å². The van der Waals surface area contributed by atoms with Crippen molar-refractivity contribution in [2.75, 3.05) is 12.3 Å². The highest BCUT2D eigenvalue weighted by atomic mass is 35.5. The molecule has 0 spiro atoms. The summed E-state index contributed by atoms with van der Waals surface area (Å²) in [5.41, 5.74) is 6.64. The molecular weight excluding hydrogens is 288 g/mol. The fraction of sp³-hybridized carbons (Fsp3) is 0.562. The predicted molar refractivity (Wildman–Crippen MR) is 85.6 cm³/mol. The molecule has 1 aliphatic rings. The van der Waals surface area contributed by atoms with Crippen LogP contribution in [0.4, 0.5) is 5.69 Å². The van der Waals surface area contributed by atoms with Gasteiger partial charge in [-0.1, -0.05) is 25.4 Å². The van der Waals surface area contributed by atoms with Gasteiger partial charge in [0.1, 0.15) is 0 Å². The Labute approximate surface area is 131 Å². The van der Waals surface area contributed by atoms with Crippen LogP contribution < -0.4 is 11.1 Å². The average Bonchev–Trinajstić information content (AvgIpc) is 2.47. The summed E-state index contributed by atoms with van der Waals surface area (Å²) in [6, 6.07) is 5.07. The maximum Gasteiger partial charge on any atom is 0.253 e. The van der Waals surface area contributed by atoms with Crippen molar-refractivity contribution in [2.24, 2.45) is 0 Å². The monoisotopic (exact) mass is 310 g/mol. The molecule has 0 aromatic heterocycles. The van der Waals surface area contributed by atoms with E-state index in [0.29, 0.717) is 22.9 Å². The van der Waals surface area contributed by atoms with Crippen LogP contribution in [0.25, 0.3) is 0 Å². The Hall–Kier alpha value is -1.26. The molecule has 1 saturated heterocycles.